The predicted octanol–water partition coefficient (Wildman–Crippen LogP) is 5.02. The standard InChI is InChI=1S/C23H21ClN4O3/c1-15-20(16(2)31-27-15)14-30-19-8-5-7-17(12-19)23(29)25-22-10-11-28(26-22)13-18-6-3-4-9-21(18)24/h3-12H,13-14H2,1-2H3,(H,25,26,29). The molecule has 2 aromatic carbocycles. The second-order valence-corrected chi connectivity index (χ2v) is 7.47. The molecule has 0 saturated heterocycles. The second-order valence-electron chi connectivity index (χ2n) is 7.06. The Kier molecular flexibility index (Phi) is 6.04. The molecule has 8 heteroatoms. The van der Waals surface area contributed by atoms with E-state index in [4.69, 9.17) is 20.9 Å². The zero-order chi connectivity index (χ0) is 21.8. The maximum atomic E-state index is 12.7. The number of hydrogen-bond donors (Lipinski definition) is 1. The summed E-state index contributed by atoms with van der Waals surface area (Å²) in [6.07, 6.45) is 1.79. The van der Waals surface area contributed by atoms with Crippen molar-refractivity contribution < 1.29 is 14.1 Å². The minimum absolute atomic E-state index is 0.272. The van der Waals surface area contributed by atoms with Gasteiger partial charge >= 0.3 is 0 Å². The minimum atomic E-state index is -0.272. The van der Waals surface area contributed by atoms with Crippen LogP contribution in [0.3, 0.4) is 0 Å². The molecule has 0 aliphatic heterocycles. The van der Waals surface area contributed by atoms with E-state index in [2.05, 4.69) is 15.6 Å². The molecule has 0 atom stereocenters. The van der Waals surface area contributed by atoms with Crippen LogP contribution in [0.25, 0.3) is 0 Å². The van der Waals surface area contributed by atoms with Gasteiger partial charge in [0, 0.05) is 22.8 Å². The molecule has 2 aromatic heterocycles. The van der Waals surface area contributed by atoms with Gasteiger partial charge in [-0.2, -0.15) is 5.10 Å². The summed E-state index contributed by atoms with van der Waals surface area (Å²) in [5.74, 6) is 1.49. The number of anilines is 1. The summed E-state index contributed by atoms with van der Waals surface area (Å²) in [5.41, 5.74) is 3.11. The molecular formula is C23H21ClN4O3. The number of hydrogen-bond acceptors (Lipinski definition) is 5. The third-order valence-electron chi connectivity index (χ3n) is 4.83. The fourth-order valence-corrected chi connectivity index (χ4v) is 3.29. The highest BCUT2D eigenvalue weighted by atomic mass is 35.5. The zero-order valence-electron chi connectivity index (χ0n) is 17.1. The molecule has 0 saturated carbocycles. The van der Waals surface area contributed by atoms with Gasteiger partial charge in [0.2, 0.25) is 0 Å². The average Bonchev–Trinajstić information content (AvgIpc) is 3.34. The molecule has 7 nitrogen and oxygen atoms in total. The van der Waals surface area contributed by atoms with E-state index in [1.54, 1.807) is 41.2 Å². The summed E-state index contributed by atoms with van der Waals surface area (Å²) < 4.78 is 12.7. The number of benzene rings is 2. The van der Waals surface area contributed by atoms with Gasteiger partial charge in [0.25, 0.3) is 5.91 Å². The number of halogens is 1. The summed E-state index contributed by atoms with van der Waals surface area (Å²) in [5, 5.41) is 11.8. The highest BCUT2D eigenvalue weighted by Gasteiger charge is 2.12. The monoisotopic (exact) mass is 436 g/mol. The maximum Gasteiger partial charge on any atom is 0.256 e. The van der Waals surface area contributed by atoms with Crippen LogP contribution >= 0.6 is 11.6 Å². The van der Waals surface area contributed by atoms with Crippen molar-refractivity contribution in [2.75, 3.05) is 5.32 Å². The molecule has 0 aliphatic rings. The van der Waals surface area contributed by atoms with Gasteiger partial charge in [-0.15, -0.1) is 0 Å². The molecule has 2 heterocycles. The van der Waals surface area contributed by atoms with Crippen molar-refractivity contribution in [2.45, 2.75) is 27.0 Å². The average molecular weight is 437 g/mol. The Hall–Kier alpha value is -3.58. The molecule has 4 aromatic rings. The van der Waals surface area contributed by atoms with Crippen LogP contribution in [-0.4, -0.2) is 20.8 Å². The number of aryl methyl sites for hydroxylation is 2. The fraction of sp³-hybridized carbons (Fsp3) is 0.174. The lowest BCUT2D eigenvalue weighted by Crippen LogP contribution is -2.13. The van der Waals surface area contributed by atoms with E-state index in [1.165, 1.54) is 0 Å². The summed E-state index contributed by atoms with van der Waals surface area (Å²) in [7, 11) is 0. The third-order valence-corrected chi connectivity index (χ3v) is 5.20. The van der Waals surface area contributed by atoms with Gasteiger partial charge < -0.3 is 14.6 Å². The molecule has 0 spiro atoms. The van der Waals surface area contributed by atoms with Crippen molar-refractivity contribution in [1.29, 1.82) is 0 Å². The second kappa shape index (κ2) is 9.06. The van der Waals surface area contributed by atoms with Gasteiger partial charge in [-0.1, -0.05) is 41.0 Å². The highest BCUT2D eigenvalue weighted by Crippen LogP contribution is 2.20. The molecular weight excluding hydrogens is 416 g/mol. The Bertz CT molecular complexity index is 1200. The van der Waals surface area contributed by atoms with Gasteiger partial charge in [-0.05, 0) is 43.7 Å². The first kappa shape index (κ1) is 20.7. The first-order valence-electron chi connectivity index (χ1n) is 9.72. The van der Waals surface area contributed by atoms with E-state index in [9.17, 15) is 4.79 Å². The van der Waals surface area contributed by atoms with Gasteiger partial charge in [0.15, 0.2) is 5.82 Å². The van der Waals surface area contributed by atoms with Gasteiger partial charge in [0.05, 0.1) is 17.8 Å². The minimum Gasteiger partial charge on any atom is -0.489 e. The highest BCUT2D eigenvalue weighted by molar-refractivity contribution is 6.31. The first-order valence-corrected chi connectivity index (χ1v) is 10.1. The molecule has 0 bridgehead atoms. The molecule has 0 unspecified atom stereocenters. The number of nitrogens with zero attached hydrogens (tertiary/aromatic N) is 3. The SMILES string of the molecule is Cc1noc(C)c1COc1cccc(C(=O)Nc2ccn(Cc3ccccc3Cl)n2)c1. The first-order chi connectivity index (χ1) is 15.0. The number of rotatable bonds is 7. The molecule has 158 valence electrons. The van der Waals surface area contributed by atoms with E-state index in [0.717, 1.165) is 22.6 Å². The lowest BCUT2D eigenvalue weighted by Gasteiger charge is -2.08. The molecule has 31 heavy (non-hydrogen) atoms. The number of ether oxygens (including phenoxy) is 1. The Labute approximate surface area is 184 Å². The van der Waals surface area contributed by atoms with Crippen LogP contribution in [-0.2, 0) is 13.2 Å². The molecule has 0 radical (unpaired) electrons. The summed E-state index contributed by atoms with van der Waals surface area (Å²) in [6, 6.07) is 16.3. The van der Waals surface area contributed by atoms with Crippen LogP contribution in [0.15, 0.2) is 65.3 Å². The quantitative estimate of drug-likeness (QED) is 0.439. The molecule has 4 rings (SSSR count). The lowest BCUT2D eigenvalue weighted by molar-refractivity contribution is 0.102. The number of aromatic nitrogens is 3. The Balaban J connectivity index is 1.39. The summed E-state index contributed by atoms with van der Waals surface area (Å²) >= 11 is 6.20. The van der Waals surface area contributed by atoms with E-state index in [1.807, 2.05) is 38.1 Å². The van der Waals surface area contributed by atoms with Crippen molar-refractivity contribution in [2.24, 2.45) is 0 Å². The summed E-state index contributed by atoms with van der Waals surface area (Å²) in [6.45, 7) is 4.54. The normalized spacial score (nSPS) is 10.8. The van der Waals surface area contributed by atoms with Crippen LogP contribution in [0.2, 0.25) is 5.02 Å². The zero-order valence-corrected chi connectivity index (χ0v) is 17.9. The number of carbonyl (C=O) groups excluding carboxylic acids is 1. The van der Waals surface area contributed by atoms with Crippen molar-refractivity contribution >= 4 is 23.3 Å². The number of nitrogens with one attached hydrogen (secondary N) is 1. The van der Waals surface area contributed by atoms with Crippen molar-refractivity contribution in [3.8, 4) is 5.75 Å². The topological polar surface area (TPSA) is 82.2 Å². The lowest BCUT2D eigenvalue weighted by atomic mass is 10.2. The fourth-order valence-electron chi connectivity index (χ4n) is 3.10. The summed E-state index contributed by atoms with van der Waals surface area (Å²) in [4.78, 5) is 12.7. The molecule has 0 aliphatic carbocycles. The van der Waals surface area contributed by atoms with Crippen LogP contribution in [0.1, 0.15) is 32.9 Å². The van der Waals surface area contributed by atoms with Crippen molar-refractivity contribution in [1.82, 2.24) is 14.9 Å². The van der Waals surface area contributed by atoms with Crippen LogP contribution < -0.4 is 10.1 Å². The van der Waals surface area contributed by atoms with E-state index in [0.29, 0.717) is 35.3 Å². The van der Waals surface area contributed by atoms with Crippen molar-refractivity contribution in [3.05, 3.63) is 94.0 Å². The van der Waals surface area contributed by atoms with E-state index in [-0.39, 0.29) is 5.91 Å². The smallest absolute Gasteiger partial charge is 0.256 e. The Morgan fingerprint density at radius 3 is 2.77 bits per heavy atom. The third kappa shape index (κ3) is 4.95. The van der Waals surface area contributed by atoms with E-state index >= 15 is 0 Å². The van der Waals surface area contributed by atoms with Gasteiger partial charge in [-0.25, -0.2) is 0 Å². The van der Waals surface area contributed by atoms with Crippen LogP contribution in [0.4, 0.5) is 5.82 Å². The molecule has 1 amide bonds. The Morgan fingerprint density at radius 1 is 1.16 bits per heavy atom. The Morgan fingerprint density at radius 2 is 2.00 bits per heavy atom. The predicted molar refractivity (Wildman–Crippen MR) is 117 cm³/mol. The van der Waals surface area contributed by atoms with Crippen molar-refractivity contribution in [3.63, 3.8) is 0 Å². The largest absolute Gasteiger partial charge is 0.489 e. The maximum absolute atomic E-state index is 12.7. The van der Waals surface area contributed by atoms with Gasteiger partial charge in [-0.3, -0.25) is 9.48 Å². The van der Waals surface area contributed by atoms with Crippen LogP contribution in [0, 0.1) is 13.8 Å². The number of carbonyl (C=O) groups is 1. The van der Waals surface area contributed by atoms with E-state index < -0.39 is 0 Å². The van der Waals surface area contributed by atoms with Gasteiger partial charge in [0.1, 0.15) is 18.1 Å². The number of amides is 1. The van der Waals surface area contributed by atoms with Crippen LogP contribution in [0.5, 0.6) is 5.75 Å². The molecule has 1 N–H and O–H groups in total. The molecule has 0 fully saturated rings.